The fourth-order valence-corrected chi connectivity index (χ4v) is 3.93. The summed E-state index contributed by atoms with van der Waals surface area (Å²) >= 11 is 0. The highest BCUT2D eigenvalue weighted by molar-refractivity contribution is 5.72. The summed E-state index contributed by atoms with van der Waals surface area (Å²) in [7, 11) is 1.44. The van der Waals surface area contributed by atoms with Gasteiger partial charge in [-0.1, -0.05) is 12.1 Å². The van der Waals surface area contributed by atoms with E-state index in [1.807, 2.05) is 12.1 Å². The minimum atomic E-state index is -0.556. The molecular weight excluding hydrogens is 372 g/mol. The van der Waals surface area contributed by atoms with E-state index < -0.39 is 6.10 Å². The van der Waals surface area contributed by atoms with Crippen LogP contribution >= 0.6 is 0 Å². The largest absolute Gasteiger partial charge is 0.491 e. The van der Waals surface area contributed by atoms with Crippen LogP contribution in [0.1, 0.15) is 31.2 Å². The quantitative estimate of drug-likeness (QED) is 0.603. The summed E-state index contributed by atoms with van der Waals surface area (Å²) in [6, 6.07) is 8.56. The van der Waals surface area contributed by atoms with Crippen molar-refractivity contribution < 1.29 is 24.1 Å². The summed E-state index contributed by atoms with van der Waals surface area (Å²) < 4.78 is 15.9. The van der Waals surface area contributed by atoms with Crippen molar-refractivity contribution in [3.05, 3.63) is 29.8 Å². The van der Waals surface area contributed by atoms with Gasteiger partial charge in [-0.05, 0) is 56.5 Å². The lowest BCUT2D eigenvalue weighted by atomic mass is 9.97. The zero-order valence-electron chi connectivity index (χ0n) is 17.3. The average Bonchev–Trinajstić information content (AvgIpc) is 2.77. The number of piperidine rings is 1. The molecule has 0 aliphatic carbocycles. The first kappa shape index (κ1) is 22.0. The molecule has 162 valence electrons. The zero-order chi connectivity index (χ0) is 20.5. The third-order valence-corrected chi connectivity index (χ3v) is 5.77. The fraction of sp³-hybridized carbons (Fsp3) is 0.682. The van der Waals surface area contributed by atoms with Gasteiger partial charge in [-0.25, -0.2) is 0 Å². The van der Waals surface area contributed by atoms with Gasteiger partial charge in [-0.2, -0.15) is 0 Å². The van der Waals surface area contributed by atoms with Gasteiger partial charge in [0.25, 0.3) is 0 Å². The Labute approximate surface area is 173 Å². The van der Waals surface area contributed by atoms with Crippen LogP contribution in [0.5, 0.6) is 5.75 Å². The highest BCUT2D eigenvalue weighted by atomic mass is 16.5. The second kappa shape index (κ2) is 11.5. The molecule has 1 aromatic rings. The predicted octanol–water partition coefficient (Wildman–Crippen LogP) is 1.58. The summed E-state index contributed by atoms with van der Waals surface area (Å²) in [5.74, 6) is 0.632. The number of ether oxygens (including phenoxy) is 3. The molecule has 2 saturated heterocycles. The van der Waals surface area contributed by atoms with Gasteiger partial charge >= 0.3 is 5.97 Å². The minimum Gasteiger partial charge on any atom is -0.491 e. The molecule has 0 spiro atoms. The van der Waals surface area contributed by atoms with Crippen LogP contribution in [-0.2, 0) is 20.8 Å². The molecule has 7 heteroatoms. The van der Waals surface area contributed by atoms with Crippen LogP contribution in [0.3, 0.4) is 0 Å². The fourth-order valence-electron chi connectivity index (χ4n) is 3.93. The van der Waals surface area contributed by atoms with Gasteiger partial charge in [0, 0.05) is 32.3 Å². The summed E-state index contributed by atoms with van der Waals surface area (Å²) in [6.45, 7) is 4.94. The summed E-state index contributed by atoms with van der Waals surface area (Å²) in [5.41, 5.74) is 1.22. The maximum atomic E-state index is 11.6. The number of β-amino-alcohol motifs (C(OH)–C–C–N with tert-alkyl or cyclic N) is 1. The topological polar surface area (TPSA) is 80.3 Å². The first-order chi connectivity index (χ1) is 14.1. The zero-order valence-corrected chi connectivity index (χ0v) is 17.3. The molecular formula is C22H34N2O5. The van der Waals surface area contributed by atoms with Gasteiger partial charge in [-0.15, -0.1) is 0 Å². The molecule has 0 amide bonds. The molecule has 1 atom stereocenters. The number of carbonyl (C=O) groups excluding carboxylic acids is 1. The normalized spacial score (nSPS) is 20.3. The maximum Gasteiger partial charge on any atom is 0.308 e. The Bertz CT molecular complexity index is 610. The van der Waals surface area contributed by atoms with E-state index >= 15 is 0 Å². The molecule has 0 bridgehead atoms. The number of nitrogens with zero attached hydrogens (tertiary/aromatic N) is 1. The molecule has 2 fully saturated rings. The SMILES string of the molecule is COC(=O)C1CCN(C[C@H](O)COc2ccc(CNC3CCOCC3)cc2)CC1. The molecule has 2 aliphatic heterocycles. The van der Waals surface area contributed by atoms with Gasteiger partial charge in [-0.3, -0.25) is 4.79 Å². The van der Waals surface area contributed by atoms with Crippen molar-refractivity contribution in [1.82, 2.24) is 10.2 Å². The van der Waals surface area contributed by atoms with Crippen LogP contribution in [0.2, 0.25) is 0 Å². The summed E-state index contributed by atoms with van der Waals surface area (Å²) in [6.07, 6.45) is 3.14. The summed E-state index contributed by atoms with van der Waals surface area (Å²) in [5, 5.41) is 13.9. The number of benzene rings is 1. The van der Waals surface area contributed by atoms with Crippen molar-refractivity contribution in [2.75, 3.05) is 46.6 Å². The van der Waals surface area contributed by atoms with Crippen molar-refractivity contribution in [1.29, 1.82) is 0 Å². The third-order valence-electron chi connectivity index (χ3n) is 5.77. The number of aliphatic hydroxyl groups excluding tert-OH is 1. The van der Waals surface area contributed by atoms with Crippen molar-refractivity contribution in [3.8, 4) is 5.75 Å². The Hall–Kier alpha value is -1.67. The van der Waals surface area contributed by atoms with Crippen LogP contribution in [0.15, 0.2) is 24.3 Å². The van der Waals surface area contributed by atoms with Crippen LogP contribution in [0, 0.1) is 5.92 Å². The minimum absolute atomic E-state index is 0.0101. The van der Waals surface area contributed by atoms with Crippen molar-refractivity contribution in [2.24, 2.45) is 5.92 Å². The Morgan fingerprint density at radius 1 is 1.21 bits per heavy atom. The first-order valence-electron chi connectivity index (χ1n) is 10.6. The molecule has 2 heterocycles. The van der Waals surface area contributed by atoms with E-state index in [2.05, 4.69) is 22.3 Å². The van der Waals surface area contributed by atoms with Gasteiger partial charge in [0.05, 0.1) is 13.0 Å². The van der Waals surface area contributed by atoms with E-state index in [4.69, 9.17) is 14.2 Å². The van der Waals surface area contributed by atoms with Crippen molar-refractivity contribution in [2.45, 2.75) is 44.4 Å². The van der Waals surface area contributed by atoms with E-state index in [1.54, 1.807) is 0 Å². The van der Waals surface area contributed by atoms with Crippen molar-refractivity contribution >= 4 is 5.97 Å². The van der Waals surface area contributed by atoms with Gasteiger partial charge in [0.2, 0.25) is 0 Å². The lowest BCUT2D eigenvalue weighted by molar-refractivity contribution is -0.147. The molecule has 2 aliphatic rings. The molecule has 0 radical (unpaired) electrons. The molecule has 2 N–H and O–H groups in total. The number of aliphatic hydroxyl groups is 1. The van der Waals surface area contributed by atoms with E-state index in [0.717, 1.165) is 64.3 Å². The van der Waals surface area contributed by atoms with E-state index in [9.17, 15) is 9.90 Å². The molecule has 0 unspecified atom stereocenters. The first-order valence-corrected chi connectivity index (χ1v) is 10.6. The molecule has 7 nitrogen and oxygen atoms in total. The number of carbonyl (C=O) groups is 1. The molecule has 1 aromatic carbocycles. The Morgan fingerprint density at radius 3 is 2.55 bits per heavy atom. The number of nitrogens with one attached hydrogen (secondary N) is 1. The molecule has 29 heavy (non-hydrogen) atoms. The number of hydrogen-bond acceptors (Lipinski definition) is 7. The van der Waals surface area contributed by atoms with E-state index in [0.29, 0.717) is 12.6 Å². The highest BCUT2D eigenvalue weighted by Gasteiger charge is 2.26. The predicted molar refractivity (Wildman–Crippen MR) is 110 cm³/mol. The lowest BCUT2D eigenvalue weighted by Crippen LogP contribution is -2.42. The van der Waals surface area contributed by atoms with Gasteiger partial charge < -0.3 is 29.5 Å². The lowest BCUT2D eigenvalue weighted by Gasteiger charge is -2.31. The van der Waals surface area contributed by atoms with Crippen molar-refractivity contribution in [3.63, 3.8) is 0 Å². The second-order valence-electron chi connectivity index (χ2n) is 7.97. The van der Waals surface area contributed by atoms with Gasteiger partial charge in [0.15, 0.2) is 0 Å². The van der Waals surface area contributed by atoms with E-state index in [-0.39, 0.29) is 18.5 Å². The molecule has 0 aromatic heterocycles. The standard InChI is InChI=1S/C22H34N2O5/c1-27-22(26)18-6-10-24(11-7-18)15-20(25)16-29-21-4-2-17(3-5-21)14-23-19-8-12-28-13-9-19/h2-5,18-20,23,25H,6-16H2,1H3/t20-/m0/s1. The van der Waals surface area contributed by atoms with Crippen LogP contribution in [0.25, 0.3) is 0 Å². The maximum absolute atomic E-state index is 11.6. The number of methoxy groups -OCH3 is 1. The Morgan fingerprint density at radius 2 is 1.90 bits per heavy atom. The Balaban J connectivity index is 1.32. The monoisotopic (exact) mass is 406 g/mol. The van der Waals surface area contributed by atoms with Crippen LogP contribution < -0.4 is 10.1 Å². The highest BCUT2D eigenvalue weighted by Crippen LogP contribution is 2.19. The molecule has 0 saturated carbocycles. The number of rotatable bonds is 9. The van der Waals surface area contributed by atoms with E-state index in [1.165, 1.54) is 12.7 Å². The van der Waals surface area contributed by atoms with Crippen LogP contribution in [-0.4, -0.2) is 74.7 Å². The smallest absolute Gasteiger partial charge is 0.308 e. The number of esters is 1. The van der Waals surface area contributed by atoms with Crippen LogP contribution in [0.4, 0.5) is 0 Å². The Kier molecular flexibility index (Phi) is 8.73. The summed E-state index contributed by atoms with van der Waals surface area (Å²) in [4.78, 5) is 13.8. The molecule has 3 rings (SSSR count). The number of likely N-dealkylation sites (tertiary alicyclic amines) is 1. The van der Waals surface area contributed by atoms with Gasteiger partial charge in [0.1, 0.15) is 18.5 Å². The third kappa shape index (κ3) is 7.26. The average molecular weight is 407 g/mol. The number of hydrogen-bond donors (Lipinski definition) is 2. The second-order valence-corrected chi connectivity index (χ2v) is 7.97.